The molecule has 0 aliphatic heterocycles. The van der Waals surface area contributed by atoms with Gasteiger partial charge in [0.25, 0.3) is 0 Å². The second-order valence-electron chi connectivity index (χ2n) is 4.94. The van der Waals surface area contributed by atoms with Gasteiger partial charge in [0.1, 0.15) is 5.75 Å². The van der Waals surface area contributed by atoms with Crippen molar-refractivity contribution in [3.8, 4) is 11.8 Å². The smallest absolute Gasteiger partial charge is 0.118 e. The molecule has 1 rings (SSSR count). The van der Waals surface area contributed by atoms with Crippen LogP contribution in [-0.2, 0) is 0 Å². The predicted molar refractivity (Wildman–Crippen MR) is 76.1 cm³/mol. The normalized spacial score (nSPS) is 12.8. The van der Waals surface area contributed by atoms with E-state index < -0.39 is 11.5 Å². The summed E-state index contributed by atoms with van der Waals surface area (Å²) < 4.78 is 5.12. The van der Waals surface area contributed by atoms with Gasteiger partial charge in [-0.1, -0.05) is 38.8 Å². The first-order chi connectivity index (χ1) is 9.11. The summed E-state index contributed by atoms with van der Waals surface area (Å²) in [5.74, 6) is 0.272. The summed E-state index contributed by atoms with van der Waals surface area (Å²) in [4.78, 5) is 0. The van der Waals surface area contributed by atoms with Crippen LogP contribution in [-0.4, -0.2) is 17.8 Å². The molecule has 3 nitrogen and oxygen atoms in total. The van der Waals surface area contributed by atoms with E-state index in [1.54, 1.807) is 7.11 Å². The first-order valence-electron chi connectivity index (χ1n) is 6.87. The van der Waals surface area contributed by atoms with E-state index >= 15 is 0 Å². The Morgan fingerprint density at radius 3 is 2.11 bits per heavy atom. The average Bonchev–Trinajstić information content (AvgIpc) is 2.40. The molecule has 0 radical (unpaired) electrons. The van der Waals surface area contributed by atoms with Crippen molar-refractivity contribution in [1.29, 1.82) is 5.26 Å². The molecule has 3 heteroatoms. The van der Waals surface area contributed by atoms with Crippen LogP contribution < -0.4 is 4.74 Å². The molecule has 0 heterocycles. The molecule has 1 aromatic carbocycles. The van der Waals surface area contributed by atoms with Gasteiger partial charge < -0.3 is 9.84 Å². The van der Waals surface area contributed by atoms with Gasteiger partial charge in [0.2, 0.25) is 0 Å². The first kappa shape index (κ1) is 15.5. The van der Waals surface area contributed by atoms with Crippen molar-refractivity contribution in [3.05, 3.63) is 29.8 Å². The van der Waals surface area contributed by atoms with Gasteiger partial charge in [0.05, 0.1) is 24.7 Å². The number of nitrogens with zero attached hydrogens (tertiary/aromatic N) is 1. The quantitative estimate of drug-likeness (QED) is 0.815. The highest BCUT2D eigenvalue weighted by atomic mass is 16.5. The predicted octanol–water partition coefficient (Wildman–Crippen LogP) is 3.63. The number of methoxy groups -OCH3 is 1. The highest BCUT2D eigenvalue weighted by Gasteiger charge is 2.36. The minimum atomic E-state index is -0.938. The molecule has 0 aromatic heterocycles. The second-order valence-corrected chi connectivity index (χ2v) is 4.94. The van der Waals surface area contributed by atoms with Gasteiger partial charge in [-0.2, -0.15) is 5.26 Å². The van der Waals surface area contributed by atoms with Crippen LogP contribution in [0.4, 0.5) is 0 Å². The summed E-state index contributed by atoms with van der Waals surface area (Å²) in [7, 11) is 1.61. The Balaban J connectivity index is 3.05. The fourth-order valence-electron chi connectivity index (χ4n) is 2.58. The van der Waals surface area contributed by atoms with E-state index in [0.717, 1.165) is 24.2 Å². The van der Waals surface area contributed by atoms with Gasteiger partial charge in [-0.15, -0.1) is 0 Å². The minimum Gasteiger partial charge on any atom is -0.497 e. The van der Waals surface area contributed by atoms with Crippen LogP contribution >= 0.6 is 0 Å². The Kier molecular flexibility index (Phi) is 5.85. The second kappa shape index (κ2) is 7.16. The third-order valence-corrected chi connectivity index (χ3v) is 3.48. The van der Waals surface area contributed by atoms with Crippen LogP contribution in [0.3, 0.4) is 0 Å². The lowest BCUT2D eigenvalue weighted by Crippen LogP contribution is -2.35. The van der Waals surface area contributed by atoms with Crippen molar-refractivity contribution >= 4 is 0 Å². The average molecular weight is 261 g/mol. The maximum absolute atomic E-state index is 10.8. The summed E-state index contributed by atoms with van der Waals surface area (Å²) in [6, 6.07) is 9.67. The number of rotatable bonds is 7. The van der Waals surface area contributed by atoms with E-state index in [4.69, 9.17) is 4.74 Å². The Labute approximate surface area is 115 Å². The lowest BCUT2D eigenvalue weighted by molar-refractivity contribution is 0.00933. The summed E-state index contributed by atoms with van der Waals surface area (Å²) in [5.41, 5.74) is -0.0833. The van der Waals surface area contributed by atoms with E-state index in [9.17, 15) is 10.4 Å². The number of benzene rings is 1. The maximum atomic E-state index is 10.8. The number of aliphatic hydroxyl groups is 1. The lowest BCUT2D eigenvalue weighted by Gasteiger charge is -2.32. The van der Waals surface area contributed by atoms with E-state index in [0.29, 0.717) is 12.8 Å². The molecule has 104 valence electrons. The van der Waals surface area contributed by atoms with Gasteiger partial charge in [0.15, 0.2) is 0 Å². The van der Waals surface area contributed by atoms with Gasteiger partial charge in [-0.3, -0.25) is 0 Å². The van der Waals surface area contributed by atoms with Gasteiger partial charge in [0, 0.05) is 0 Å². The Morgan fingerprint density at radius 1 is 1.21 bits per heavy atom. The summed E-state index contributed by atoms with van der Waals surface area (Å²) in [6.45, 7) is 4.06. The Morgan fingerprint density at radius 2 is 1.74 bits per heavy atom. The maximum Gasteiger partial charge on any atom is 0.118 e. The zero-order valence-electron chi connectivity index (χ0n) is 12.0. The highest BCUT2D eigenvalue weighted by Crippen LogP contribution is 2.36. The van der Waals surface area contributed by atoms with Crippen molar-refractivity contribution in [1.82, 2.24) is 0 Å². The Bertz CT molecular complexity index is 413. The summed E-state index contributed by atoms with van der Waals surface area (Å²) in [5, 5.41) is 20.3. The molecule has 1 N–H and O–H groups in total. The molecule has 19 heavy (non-hydrogen) atoms. The van der Waals surface area contributed by atoms with Crippen LogP contribution in [0, 0.1) is 11.3 Å². The van der Waals surface area contributed by atoms with Crippen molar-refractivity contribution in [2.45, 2.75) is 51.0 Å². The highest BCUT2D eigenvalue weighted by molar-refractivity contribution is 5.34. The van der Waals surface area contributed by atoms with Gasteiger partial charge >= 0.3 is 0 Å². The van der Waals surface area contributed by atoms with Crippen molar-refractivity contribution in [2.75, 3.05) is 7.11 Å². The standard InChI is InChI=1S/C16H23NO2/c1-4-10-16(18,11-5-2)15(12-17)13-6-8-14(19-3)9-7-13/h6-9,15,18H,4-5,10-11H2,1-3H3. The molecule has 1 aromatic rings. The van der Waals surface area contributed by atoms with Gasteiger partial charge in [-0.25, -0.2) is 0 Å². The van der Waals surface area contributed by atoms with Crippen LogP contribution in [0.15, 0.2) is 24.3 Å². The third kappa shape index (κ3) is 3.71. The fourth-order valence-corrected chi connectivity index (χ4v) is 2.58. The zero-order valence-corrected chi connectivity index (χ0v) is 12.0. The zero-order chi connectivity index (χ0) is 14.3. The van der Waals surface area contributed by atoms with Gasteiger partial charge in [-0.05, 0) is 30.5 Å². The molecule has 0 aliphatic rings. The van der Waals surface area contributed by atoms with E-state index in [2.05, 4.69) is 6.07 Å². The van der Waals surface area contributed by atoms with Crippen molar-refractivity contribution in [3.63, 3.8) is 0 Å². The van der Waals surface area contributed by atoms with E-state index in [-0.39, 0.29) is 0 Å². The van der Waals surface area contributed by atoms with E-state index in [1.807, 2.05) is 38.1 Å². The fraction of sp³-hybridized carbons (Fsp3) is 0.562. The molecule has 0 saturated carbocycles. The number of ether oxygens (including phenoxy) is 1. The molecule has 0 saturated heterocycles. The largest absolute Gasteiger partial charge is 0.497 e. The number of hydrogen-bond acceptors (Lipinski definition) is 3. The van der Waals surface area contributed by atoms with E-state index in [1.165, 1.54) is 0 Å². The van der Waals surface area contributed by atoms with Crippen molar-refractivity contribution < 1.29 is 9.84 Å². The third-order valence-electron chi connectivity index (χ3n) is 3.48. The Hall–Kier alpha value is -1.53. The molecule has 0 aliphatic carbocycles. The lowest BCUT2D eigenvalue weighted by atomic mass is 9.77. The SMILES string of the molecule is CCCC(O)(CCC)C(C#N)c1ccc(OC)cc1. The van der Waals surface area contributed by atoms with Crippen LogP contribution in [0.2, 0.25) is 0 Å². The molecule has 0 fully saturated rings. The molecular weight excluding hydrogens is 238 g/mol. The molecule has 0 spiro atoms. The molecule has 0 bridgehead atoms. The molecule has 0 amide bonds. The first-order valence-corrected chi connectivity index (χ1v) is 6.87. The van der Waals surface area contributed by atoms with Crippen LogP contribution in [0.25, 0.3) is 0 Å². The van der Waals surface area contributed by atoms with Crippen molar-refractivity contribution in [2.24, 2.45) is 0 Å². The monoisotopic (exact) mass is 261 g/mol. The van der Waals surface area contributed by atoms with Crippen LogP contribution in [0.1, 0.15) is 51.0 Å². The van der Waals surface area contributed by atoms with Crippen LogP contribution in [0.5, 0.6) is 5.75 Å². The molecular formula is C16H23NO2. The number of hydrogen-bond donors (Lipinski definition) is 1. The topological polar surface area (TPSA) is 53.2 Å². The number of nitriles is 1. The molecule has 1 atom stereocenters. The summed E-state index contributed by atoms with van der Waals surface area (Å²) >= 11 is 0. The molecule has 1 unspecified atom stereocenters. The minimum absolute atomic E-state index is 0.488. The summed E-state index contributed by atoms with van der Waals surface area (Å²) in [6.07, 6.45) is 3.02.